The first-order valence-electron chi connectivity index (χ1n) is 4.64. The Morgan fingerprint density at radius 2 is 2.08 bits per heavy atom. The van der Waals surface area contributed by atoms with E-state index in [0.29, 0.717) is 12.2 Å². The molecule has 0 bridgehead atoms. The Kier molecular flexibility index (Phi) is 2.05. The predicted molar refractivity (Wildman–Crippen MR) is 52.9 cm³/mol. The first-order valence-corrected chi connectivity index (χ1v) is 4.64. The second-order valence-electron chi connectivity index (χ2n) is 3.49. The first kappa shape index (κ1) is 8.30. The molecule has 2 rings (SSSR count). The first-order chi connectivity index (χ1) is 6.27. The molecule has 0 aliphatic carbocycles. The summed E-state index contributed by atoms with van der Waals surface area (Å²) in [7, 11) is 0. The van der Waals surface area contributed by atoms with Crippen LogP contribution in [0.5, 0.6) is 0 Å². The Hall–Kier alpha value is -1.31. The average molecular weight is 175 g/mol. The maximum Gasteiger partial charge on any atom is 0.155 e. The Bertz CT molecular complexity index is 333. The lowest BCUT2D eigenvalue weighted by Gasteiger charge is -2.11. The molecule has 1 aliphatic rings. The summed E-state index contributed by atoms with van der Waals surface area (Å²) in [6, 6.07) is 8.08. The van der Waals surface area contributed by atoms with E-state index in [9.17, 15) is 4.79 Å². The van der Waals surface area contributed by atoms with E-state index < -0.39 is 0 Å². The summed E-state index contributed by atoms with van der Waals surface area (Å²) in [5.74, 6) is 0.302. The quantitative estimate of drug-likeness (QED) is 0.653. The van der Waals surface area contributed by atoms with Crippen LogP contribution in [0, 0.1) is 0 Å². The molecule has 0 saturated carbocycles. The predicted octanol–water partition coefficient (Wildman–Crippen LogP) is 2.00. The van der Waals surface area contributed by atoms with Gasteiger partial charge in [0, 0.05) is 12.1 Å². The Labute approximate surface area is 78.0 Å². The Morgan fingerprint density at radius 3 is 2.92 bits per heavy atom. The zero-order valence-corrected chi connectivity index (χ0v) is 7.71. The van der Waals surface area contributed by atoms with Crippen LogP contribution in [-0.4, -0.2) is 11.8 Å². The van der Waals surface area contributed by atoms with Crippen molar-refractivity contribution < 1.29 is 4.79 Å². The number of ketones is 1. The minimum absolute atomic E-state index is 0.0383. The number of aryl methyl sites for hydroxylation is 1. The zero-order valence-electron chi connectivity index (χ0n) is 7.71. The minimum atomic E-state index is -0.0383. The molecule has 1 aliphatic heterocycles. The third kappa shape index (κ3) is 1.57. The van der Waals surface area contributed by atoms with E-state index in [-0.39, 0.29) is 6.04 Å². The fraction of sp³-hybridized carbons (Fsp3) is 0.364. The number of hydrogen-bond donors (Lipinski definition) is 1. The number of nitrogens with one attached hydrogen (secondary N) is 1. The van der Waals surface area contributed by atoms with Crippen LogP contribution in [-0.2, 0) is 11.2 Å². The molecular weight excluding hydrogens is 162 g/mol. The number of fused-ring (bicyclic) bond motifs is 1. The smallest absolute Gasteiger partial charge is 0.155 e. The molecule has 0 saturated heterocycles. The normalized spacial score (nSPS) is 21.6. The van der Waals surface area contributed by atoms with E-state index in [1.807, 2.05) is 25.1 Å². The van der Waals surface area contributed by atoms with Gasteiger partial charge in [0.15, 0.2) is 5.78 Å². The van der Waals surface area contributed by atoms with Gasteiger partial charge < -0.3 is 5.32 Å². The lowest BCUT2D eigenvalue weighted by molar-refractivity contribution is -0.119. The zero-order chi connectivity index (χ0) is 9.26. The fourth-order valence-corrected chi connectivity index (χ4v) is 1.67. The molecule has 2 heteroatoms. The number of rotatable bonds is 0. The largest absolute Gasteiger partial charge is 0.375 e. The number of Topliss-reactive ketones (excluding diaryl/α,β-unsaturated/α-hetero) is 1. The van der Waals surface area contributed by atoms with Gasteiger partial charge in [0.05, 0.1) is 6.04 Å². The number of carbonyl (C=O) groups is 1. The molecule has 1 atom stereocenters. The van der Waals surface area contributed by atoms with E-state index in [0.717, 1.165) is 12.1 Å². The van der Waals surface area contributed by atoms with Crippen LogP contribution >= 0.6 is 0 Å². The molecular formula is C11H13NO. The number of hydrogen-bond acceptors (Lipinski definition) is 2. The van der Waals surface area contributed by atoms with Crippen LogP contribution in [0.2, 0.25) is 0 Å². The standard InChI is InChI=1S/C11H13NO/c1-8-11(13)7-6-9-4-2-3-5-10(9)12-8/h2-5,8,12H,6-7H2,1H3. The van der Waals surface area contributed by atoms with E-state index in [1.54, 1.807) is 0 Å². The van der Waals surface area contributed by atoms with Gasteiger partial charge in [-0.25, -0.2) is 0 Å². The van der Waals surface area contributed by atoms with Gasteiger partial charge in [-0.15, -0.1) is 0 Å². The third-order valence-electron chi connectivity index (χ3n) is 2.51. The van der Waals surface area contributed by atoms with Gasteiger partial charge in [-0.3, -0.25) is 4.79 Å². The van der Waals surface area contributed by atoms with Crippen molar-refractivity contribution in [2.24, 2.45) is 0 Å². The van der Waals surface area contributed by atoms with Gasteiger partial charge in [-0.1, -0.05) is 18.2 Å². The molecule has 2 nitrogen and oxygen atoms in total. The van der Waals surface area contributed by atoms with Crippen molar-refractivity contribution in [2.75, 3.05) is 5.32 Å². The van der Waals surface area contributed by atoms with Gasteiger partial charge in [-0.05, 0) is 25.0 Å². The Balaban J connectivity index is 2.35. The molecule has 1 unspecified atom stereocenters. The van der Waals surface area contributed by atoms with Crippen LogP contribution in [0.4, 0.5) is 5.69 Å². The monoisotopic (exact) mass is 175 g/mol. The Morgan fingerprint density at radius 1 is 1.31 bits per heavy atom. The van der Waals surface area contributed by atoms with Gasteiger partial charge in [0.1, 0.15) is 0 Å². The number of benzene rings is 1. The molecule has 0 amide bonds. The number of para-hydroxylation sites is 1. The van der Waals surface area contributed by atoms with Crippen molar-refractivity contribution in [2.45, 2.75) is 25.8 Å². The second kappa shape index (κ2) is 3.21. The SMILES string of the molecule is CC1Nc2ccccc2CCC1=O. The molecule has 0 radical (unpaired) electrons. The lowest BCUT2D eigenvalue weighted by atomic mass is 10.1. The summed E-state index contributed by atoms with van der Waals surface area (Å²) in [4.78, 5) is 11.4. The fourth-order valence-electron chi connectivity index (χ4n) is 1.67. The summed E-state index contributed by atoms with van der Waals surface area (Å²) < 4.78 is 0. The molecule has 0 fully saturated rings. The molecule has 0 aromatic heterocycles. The van der Waals surface area contributed by atoms with Crippen molar-refractivity contribution in [3.63, 3.8) is 0 Å². The highest BCUT2D eigenvalue weighted by Crippen LogP contribution is 2.21. The van der Waals surface area contributed by atoms with Crippen molar-refractivity contribution in [3.8, 4) is 0 Å². The van der Waals surface area contributed by atoms with Crippen LogP contribution in [0.25, 0.3) is 0 Å². The highest BCUT2D eigenvalue weighted by atomic mass is 16.1. The lowest BCUT2D eigenvalue weighted by Crippen LogP contribution is -2.24. The molecule has 1 aromatic rings. The molecule has 0 spiro atoms. The summed E-state index contributed by atoms with van der Waals surface area (Å²) in [5.41, 5.74) is 2.36. The van der Waals surface area contributed by atoms with E-state index in [2.05, 4.69) is 11.4 Å². The van der Waals surface area contributed by atoms with E-state index in [1.165, 1.54) is 5.56 Å². The van der Waals surface area contributed by atoms with E-state index >= 15 is 0 Å². The third-order valence-corrected chi connectivity index (χ3v) is 2.51. The molecule has 13 heavy (non-hydrogen) atoms. The second-order valence-corrected chi connectivity index (χ2v) is 3.49. The van der Waals surface area contributed by atoms with Crippen molar-refractivity contribution in [3.05, 3.63) is 29.8 Å². The molecule has 68 valence electrons. The molecule has 1 N–H and O–H groups in total. The van der Waals surface area contributed by atoms with Crippen molar-refractivity contribution in [1.29, 1.82) is 0 Å². The summed E-state index contributed by atoms with van der Waals surface area (Å²) in [6.07, 6.45) is 1.53. The summed E-state index contributed by atoms with van der Waals surface area (Å²) in [6.45, 7) is 1.92. The summed E-state index contributed by atoms with van der Waals surface area (Å²) >= 11 is 0. The minimum Gasteiger partial charge on any atom is -0.375 e. The van der Waals surface area contributed by atoms with Gasteiger partial charge in [0.25, 0.3) is 0 Å². The maximum atomic E-state index is 11.4. The number of carbonyl (C=O) groups excluding carboxylic acids is 1. The molecule has 1 aromatic carbocycles. The molecule has 1 heterocycles. The van der Waals surface area contributed by atoms with Crippen molar-refractivity contribution in [1.82, 2.24) is 0 Å². The topological polar surface area (TPSA) is 29.1 Å². The van der Waals surface area contributed by atoms with Crippen LogP contribution in [0.3, 0.4) is 0 Å². The van der Waals surface area contributed by atoms with Crippen LogP contribution < -0.4 is 5.32 Å². The summed E-state index contributed by atoms with van der Waals surface area (Å²) in [5, 5.41) is 3.22. The highest BCUT2D eigenvalue weighted by molar-refractivity contribution is 5.88. The highest BCUT2D eigenvalue weighted by Gasteiger charge is 2.18. The number of anilines is 1. The van der Waals surface area contributed by atoms with Gasteiger partial charge in [0.2, 0.25) is 0 Å². The van der Waals surface area contributed by atoms with Gasteiger partial charge >= 0.3 is 0 Å². The maximum absolute atomic E-state index is 11.4. The van der Waals surface area contributed by atoms with Crippen LogP contribution in [0.1, 0.15) is 18.9 Å². The van der Waals surface area contributed by atoms with E-state index in [4.69, 9.17) is 0 Å². The van der Waals surface area contributed by atoms with Gasteiger partial charge in [-0.2, -0.15) is 0 Å². The van der Waals surface area contributed by atoms with Crippen molar-refractivity contribution >= 4 is 11.5 Å². The average Bonchev–Trinajstić information content (AvgIpc) is 2.28. The van der Waals surface area contributed by atoms with Crippen LogP contribution in [0.15, 0.2) is 24.3 Å².